The number of aliphatic hydroxyl groups is 1. The van der Waals surface area contributed by atoms with Crippen molar-refractivity contribution in [3.63, 3.8) is 0 Å². The molecule has 3 saturated heterocycles. The average molecular weight is 661 g/mol. The summed E-state index contributed by atoms with van der Waals surface area (Å²) in [5, 5.41) is 17.2. The predicted octanol–water partition coefficient (Wildman–Crippen LogP) is 3.68. The van der Waals surface area contributed by atoms with Crippen LogP contribution in [0.5, 0.6) is 5.75 Å². The summed E-state index contributed by atoms with van der Waals surface area (Å²) in [6, 6.07) is 13.4. The Labute approximate surface area is 284 Å². The Morgan fingerprint density at radius 3 is 2.44 bits per heavy atom. The molecule has 2 aromatic carbocycles. The number of ether oxygens (including phenoxy) is 2. The fourth-order valence-electron chi connectivity index (χ4n) is 7.55. The second kappa shape index (κ2) is 15.4. The van der Waals surface area contributed by atoms with Gasteiger partial charge in [0.1, 0.15) is 17.3 Å². The number of nitrogens with zero attached hydrogens (tertiary/aromatic N) is 2. The van der Waals surface area contributed by atoms with Crippen molar-refractivity contribution in [2.45, 2.75) is 88.9 Å². The van der Waals surface area contributed by atoms with Crippen molar-refractivity contribution in [3.8, 4) is 5.75 Å². The first-order valence-electron chi connectivity index (χ1n) is 17.9. The van der Waals surface area contributed by atoms with Gasteiger partial charge in [-0.3, -0.25) is 19.3 Å². The average Bonchev–Trinajstić information content (AvgIpc) is 3.95. The maximum absolute atomic E-state index is 13.9. The summed E-state index contributed by atoms with van der Waals surface area (Å²) in [7, 11) is 1.64. The monoisotopic (exact) mass is 660 g/mol. The number of aliphatic hydroxyl groups excluding tert-OH is 1. The lowest BCUT2D eigenvalue weighted by molar-refractivity contribution is -0.166. The van der Waals surface area contributed by atoms with Crippen LogP contribution in [0.15, 0.2) is 42.5 Å². The molecule has 0 radical (unpaired) electrons. The summed E-state index contributed by atoms with van der Waals surface area (Å²) in [6.45, 7) is 6.68. The van der Waals surface area contributed by atoms with Gasteiger partial charge in [-0.05, 0) is 85.6 Å². The summed E-state index contributed by atoms with van der Waals surface area (Å²) in [5.41, 5.74) is 3.12. The van der Waals surface area contributed by atoms with Gasteiger partial charge in [0.2, 0.25) is 11.8 Å². The van der Waals surface area contributed by atoms with Crippen LogP contribution in [-0.4, -0.2) is 96.8 Å². The quantitative estimate of drug-likeness (QED) is 0.300. The minimum Gasteiger partial charge on any atom is -0.496 e. The number of carbonyl (C=O) groups is 3. The third kappa shape index (κ3) is 7.71. The molecule has 2 aromatic rings. The van der Waals surface area contributed by atoms with E-state index in [2.05, 4.69) is 46.7 Å². The van der Waals surface area contributed by atoms with E-state index in [1.54, 1.807) is 7.11 Å². The van der Waals surface area contributed by atoms with E-state index < -0.39 is 17.7 Å². The van der Waals surface area contributed by atoms with Gasteiger partial charge in [0, 0.05) is 57.9 Å². The topological polar surface area (TPSA) is 120 Å². The van der Waals surface area contributed by atoms with E-state index in [0.29, 0.717) is 82.2 Å². The van der Waals surface area contributed by atoms with Crippen molar-refractivity contribution in [2.24, 2.45) is 11.8 Å². The summed E-state index contributed by atoms with van der Waals surface area (Å²) >= 11 is 0. The molecule has 0 aromatic heterocycles. The van der Waals surface area contributed by atoms with Crippen LogP contribution in [0, 0.1) is 11.8 Å². The van der Waals surface area contributed by atoms with E-state index in [9.17, 15) is 19.5 Å². The summed E-state index contributed by atoms with van der Waals surface area (Å²) in [4.78, 5) is 44.4. The van der Waals surface area contributed by atoms with Crippen LogP contribution >= 0.6 is 0 Å². The lowest BCUT2D eigenvalue weighted by Gasteiger charge is -2.52. The molecule has 10 nitrogen and oxygen atoms in total. The van der Waals surface area contributed by atoms with Crippen molar-refractivity contribution in [3.05, 3.63) is 64.7 Å². The molecular weight excluding hydrogens is 608 g/mol. The van der Waals surface area contributed by atoms with Gasteiger partial charge in [-0.25, -0.2) is 0 Å². The van der Waals surface area contributed by atoms with Crippen LogP contribution in [0.25, 0.3) is 0 Å². The standard InChI is InChI=1S/C38H52N4O6/c1-3-4-17-42-36(45)33(34(43)29-13-20-48-21-14-29)40-37(46)38(42)15-18-41(19-16-38)25-28-9-5-26(6-10-28)22-30-11-12-31(23-32(30)47-2)35(44)39-24-27-7-8-27/h5-6,9-12,23,27,29,33-34,43H,3-4,7-8,13-22,24-25H2,1-2H3,(H,39,44)(H,40,46)/t33-,34-/m1/s1. The van der Waals surface area contributed by atoms with Gasteiger partial charge >= 0.3 is 0 Å². The van der Waals surface area contributed by atoms with Crippen LogP contribution in [-0.2, 0) is 27.3 Å². The molecule has 4 fully saturated rings. The lowest BCUT2D eigenvalue weighted by atomic mass is 9.79. The number of piperazine rings is 1. The molecule has 48 heavy (non-hydrogen) atoms. The zero-order valence-corrected chi connectivity index (χ0v) is 28.5. The molecule has 1 aliphatic carbocycles. The number of likely N-dealkylation sites (tertiary alicyclic amines) is 1. The third-order valence-electron chi connectivity index (χ3n) is 10.9. The zero-order chi connectivity index (χ0) is 33.7. The maximum atomic E-state index is 13.9. The summed E-state index contributed by atoms with van der Waals surface area (Å²) < 4.78 is 11.1. The normalized spacial score (nSPS) is 22.4. The molecule has 10 heteroatoms. The van der Waals surface area contributed by atoms with Crippen LogP contribution in [0.4, 0.5) is 0 Å². The van der Waals surface area contributed by atoms with Crippen LogP contribution in [0.1, 0.15) is 85.3 Å². The van der Waals surface area contributed by atoms with Crippen molar-refractivity contribution in [1.82, 2.24) is 20.4 Å². The molecule has 3 amide bonds. The molecule has 0 unspecified atom stereocenters. The highest BCUT2D eigenvalue weighted by Gasteiger charge is 2.55. The van der Waals surface area contributed by atoms with Gasteiger partial charge in [-0.15, -0.1) is 0 Å². The maximum Gasteiger partial charge on any atom is 0.251 e. The van der Waals surface area contributed by atoms with Crippen molar-refractivity contribution in [1.29, 1.82) is 0 Å². The van der Waals surface area contributed by atoms with Crippen LogP contribution in [0.3, 0.4) is 0 Å². The van der Waals surface area contributed by atoms with E-state index in [1.165, 1.54) is 18.4 Å². The predicted molar refractivity (Wildman–Crippen MR) is 183 cm³/mol. The van der Waals surface area contributed by atoms with E-state index in [4.69, 9.17) is 9.47 Å². The number of methoxy groups -OCH3 is 1. The second-order valence-electron chi connectivity index (χ2n) is 14.2. The first-order valence-corrected chi connectivity index (χ1v) is 17.9. The Balaban J connectivity index is 1.05. The number of hydrogen-bond donors (Lipinski definition) is 3. The smallest absolute Gasteiger partial charge is 0.251 e. The number of piperidine rings is 1. The van der Waals surface area contributed by atoms with Gasteiger partial charge in [0.25, 0.3) is 5.91 Å². The van der Waals surface area contributed by atoms with Crippen molar-refractivity contribution >= 4 is 17.7 Å². The van der Waals surface area contributed by atoms with E-state index >= 15 is 0 Å². The highest BCUT2D eigenvalue weighted by Crippen LogP contribution is 2.36. The van der Waals surface area contributed by atoms with E-state index in [0.717, 1.165) is 37.1 Å². The molecule has 3 aliphatic heterocycles. The molecule has 3 N–H and O–H groups in total. The Morgan fingerprint density at radius 2 is 1.77 bits per heavy atom. The number of amides is 3. The fraction of sp³-hybridized carbons (Fsp3) is 0.605. The molecular formula is C38H52N4O6. The summed E-state index contributed by atoms with van der Waals surface area (Å²) in [5.74, 6) is 0.960. The number of rotatable bonds is 13. The van der Waals surface area contributed by atoms with Gasteiger partial charge in [0.15, 0.2) is 0 Å². The number of hydrogen-bond acceptors (Lipinski definition) is 7. The number of nitrogens with one attached hydrogen (secondary N) is 2. The lowest BCUT2D eigenvalue weighted by Crippen LogP contribution is -2.75. The first kappa shape index (κ1) is 34.4. The van der Waals surface area contributed by atoms with Gasteiger partial charge in [-0.2, -0.15) is 0 Å². The highest BCUT2D eigenvalue weighted by molar-refractivity contribution is 6.00. The van der Waals surface area contributed by atoms with E-state index in [-0.39, 0.29) is 23.6 Å². The van der Waals surface area contributed by atoms with Crippen LogP contribution < -0.4 is 15.4 Å². The number of carbonyl (C=O) groups excluding carboxylic acids is 3. The molecule has 3 heterocycles. The first-order chi connectivity index (χ1) is 23.3. The SMILES string of the molecule is CCCCN1C(=O)[C@@H]([C@H](O)C2CCOCC2)NC(=O)C12CCN(Cc1ccc(Cc3ccc(C(=O)NCC4CC4)cc3OC)cc1)CC2. The second-order valence-corrected chi connectivity index (χ2v) is 14.2. The van der Waals surface area contributed by atoms with E-state index in [1.807, 2.05) is 23.1 Å². The van der Waals surface area contributed by atoms with Crippen molar-refractivity contribution < 1.29 is 29.0 Å². The Hall–Kier alpha value is -3.47. The Morgan fingerprint density at radius 1 is 1.06 bits per heavy atom. The number of benzene rings is 2. The minimum absolute atomic E-state index is 0.0552. The van der Waals surface area contributed by atoms with Gasteiger partial charge < -0.3 is 30.1 Å². The number of unbranched alkanes of at least 4 members (excludes halogenated alkanes) is 1. The molecule has 260 valence electrons. The van der Waals surface area contributed by atoms with Crippen LogP contribution in [0.2, 0.25) is 0 Å². The summed E-state index contributed by atoms with van der Waals surface area (Å²) in [6.07, 6.45) is 6.46. The Bertz CT molecular complexity index is 1430. The minimum atomic E-state index is -0.904. The Kier molecular flexibility index (Phi) is 11.0. The zero-order valence-electron chi connectivity index (χ0n) is 28.5. The van der Waals surface area contributed by atoms with Crippen molar-refractivity contribution in [2.75, 3.05) is 46.5 Å². The fourth-order valence-corrected chi connectivity index (χ4v) is 7.55. The molecule has 0 bridgehead atoms. The molecule has 4 aliphatic rings. The largest absolute Gasteiger partial charge is 0.496 e. The molecule has 2 atom stereocenters. The molecule has 6 rings (SSSR count). The third-order valence-corrected chi connectivity index (χ3v) is 10.9. The van der Waals surface area contributed by atoms with Gasteiger partial charge in [0.05, 0.1) is 13.2 Å². The van der Waals surface area contributed by atoms with Gasteiger partial charge in [-0.1, -0.05) is 43.7 Å². The molecule has 1 spiro atoms. The highest BCUT2D eigenvalue weighted by atomic mass is 16.5. The molecule has 1 saturated carbocycles.